The predicted molar refractivity (Wildman–Crippen MR) is 96.8 cm³/mol. The number of aryl methyl sites for hydroxylation is 2. The van der Waals surface area contributed by atoms with Gasteiger partial charge in [0.2, 0.25) is 5.91 Å². The number of thiazole rings is 1. The minimum absolute atomic E-state index is 0.00265. The molecule has 1 saturated heterocycles. The molecule has 1 aromatic carbocycles. The predicted octanol–water partition coefficient (Wildman–Crippen LogP) is 3.47. The molecule has 24 heavy (non-hydrogen) atoms. The topological polar surface area (TPSA) is 51.2 Å². The number of carbonyl (C=O) groups excluding carboxylic acids is 1. The van der Waals surface area contributed by atoms with E-state index in [9.17, 15) is 4.79 Å². The first kappa shape index (κ1) is 17.4. The van der Waals surface area contributed by atoms with Crippen molar-refractivity contribution in [3.8, 4) is 0 Å². The third kappa shape index (κ3) is 4.15. The van der Waals surface area contributed by atoms with Gasteiger partial charge in [-0.1, -0.05) is 23.7 Å². The van der Waals surface area contributed by atoms with Gasteiger partial charge in [0.05, 0.1) is 29.3 Å². The van der Waals surface area contributed by atoms with Gasteiger partial charge in [-0.25, -0.2) is 4.98 Å². The monoisotopic (exact) mass is 364 g/mol. The highest BCUT2D eigenvalue weighted by Crippen LogP contribution is 2.25. The van der Waals surface area contributed by atoms with Gasteiger partial charge in [0.1, 0.15) is 0 Å². The lowest BCUT2D eigenvalue weighted by Gasteiger charge is -2.29. The molecular weight excluding hydrogens is 344 g/mol. The zero-order chi connectivity index (χ0) is 17.2. The van der Waals surface area contributed by atoms with E-state index in [4.69, 9.17) is 16.3 Å². The molecule has 1 aliphatic heterocycles. The van der Waals surface area contributed by atoms with Crippen LogP contribution >= 0.6 is 22.9 Å². The van der Waals surface area contributed by atoms with Crippen LogP contribution in [0.1, 0.15) is 27.6 Å². The molecule has 6 heteroatoms. The van der Waals surface area contributed by atoms with E-state index in [1.54, 1.807) is 11.3 Å². The van der Waals surface area contributed by atoms with Crippen LogP contribution in [0.3, 0.4) is 0 Å². The fourth-order valence-corrected chi connectivity index (χ4v) is 4.07. The molecule has 1 aromatic heterocycles. The number of ether oxygens (including phenoxy) is 1. The van der Waals surface area contributed by atoms with Gasteiger partial charge in [-0.3, -0.25) is 4.79 Å². The number of amides is 1. The lowest BCUT2D eigenvalue weighted by molar-refractivity contribution is -0.122. The summed E-state index contributed by atoms with van der Waals surface area (Å²) in [5.41, 5.74) is 1.67. The summed E-state index contributed by atoms with van der Waals surface area (Å²) in [5, 5.41) is 4.92. The normalized spacial score (nSPS) is 20.3. The van der Waals surface area contributed by atoms with Crippen molar-refractivity contribution in [2.45, 2.75) is 38.6 Å². The first-order chi connectivity index (χ1) is 11.5. The number of rotatable bonds is 5. The summed E-state index contributed by atoms with van der Waals surface area (Å²) in [5.74, 6) is 0.00265. The Bertz CT molecular complexity index is 721. The SMILES string of the molecule is Cc1nc(CC(=O)NC2(Cc3ccc(Cl)cc3)CCOC2)c(C)s1. The first-order valence-electron chi connectivity index (χ1n) is 8.02. The highest BCUT2D eigenvalue weighted by Gasteiger charge is 2.36. The van der Waals surface area contributed by atoms with Crippen LogP contribution in [0.15, 0.2) is 24.3 Å². The molecule has 0 radical (unpaired) electrons. The molecule has 3 rings (SSSR count). The van der Waals surface area contributed by atoms with Crippen LogP contribution in [-0.4, -0.2) is 29.6 Å². The maximum atomic E-state index is 12.6. The first-order valence-corrected chi connectivity index (χ1v) is 9.21. The molecular formula is C18H21ClN2O2S. The Morgan fingerprint density at radius 2 is 2.12 bits per heavy atom. The standard InChI is InChI=1S/C18H21ClN2O2S/c1-12-16(20-13(2)24-12)9-17(22)21-18(7-8-23-11-18)10-14-3-5-15(19)6-4-14/h3-6H,7-11H2,1-2H3,(H,21,22). The summed E-state index contributed by atoms with van der Waals surface area (Å²) in [6, 6.07) is 7.76. The lowest BCUT2D eigenvalue weighted by atomic mass is 9.89. The number of hydrogen-bond donors (Lipinski definition) is 1. The van der Waals surface area contributed by atoms with Crippen LogP contribution < -0.4 is 5.32 Å². The molecule has 1 amide bonds. The van der Waals surface area contributed by atoms with Crippen LogP contribution in [0.5, 0.6) is 0 Å². The van der Waals surface area contributed by atoms with E-state index in [-0.39, 0.29) is 11.4 Å². The Morgan fingerprint density at radius 1 is 1.38 bits per heavy atom. The highest BCUT2D eigenvalue weighted by molar-refractivity contribution is 7.11. The third-order valence-electron chi connectivity index (χ3n) is 4.29. The largest absolute Gasteiger partial charge is 0.379 e. The van der Waals surface area contributed by atoms with Gasteiger partial charge < -0.3 is 10.1 Å². The van der Waals surface area contributed by atoms with Crippen LogP contribution in [0.2, 0.25) is 5.02 Å². The van der Waals surface area contributed by atoms with Crippen molar-refractivity contribution in [3.63, 3.8) is 0 Å². The minimum Gasteiger partial charge on any atom is -0.379 e. The third-order valence-corrected chi connectivity index (χ3v) is 5.47. The summed E-state index contributed by atoms with van der Waals surface area (Å²) in [6.07, 6.45) is 1.87. The van der Waals surface area contributed by atoms with Crippen molar-refractivity contribution in [3.05, 3.63) is 50.4 Å². The van der Waals surface area contributed by atoms with Gasteiger partial charge in [-0.15, -0.1) is 11.3 Å². The molecule has 0 saturated carbocycles. The molecule has 0 bridgehead atoms. The van der Waals surface area contributed by atoms with Gasteiger partial charge in [-0.2, -0.15) is 0 Å². The minimum atomic E-state index is -0.343. The van der Waals surface area contributed by atoms with Crippen molar-refractivity contribution in [1.29, 1.82) is 0 Å². The molecule has 1 fully saturated rings. The molecule has 128 valence electrons. The number of nitrogens with zero attached hydrogens (tertiary/aromatic N) is 1. The average molecular weight is 365 g/mol. The Kier molecular flexibility index (Phi) is 5.23. The van der Waals surface area contributed by atoms with Gasteiger partial charge in [0.25, 0.3) is 0 Å². The second kappa shape index (κ2) is 7.21. The Morgan fingerprint density at radius 3 is 2.71 bits per heavy atom. The fourth-order valence-electron chi connectivity index (χ4n) is 3.11. The summed E-state index contributed by atoms with van der Waals surface area (Å²) < 4.78 is 5.58. The molecule has 2 heterocycles. The van der Waals surface area contributed by atoms with Crippen LogP contribution in [0, 0.1) is 13.8 Å². The van der Waals surface area contributed by atoms with E-state index < -0.39 is 0 Å². The molecule has 0 spiro atoms. The van der Waals surface area contributed by atoms with Crippen molar-refractivity contribution in [1.82, 2.24) is 10.3 Å². The summed E-state index contributed by atoms with van der Waals surface area (Å²) in [4.78, 5) is 18.1. The molecule has 1 atom stereocenters. The van der Waals surface area contributed by atoms with Crippen molar-refractivity contribution in [2.75, 3.05) is 13.2 Å². The van der Waals surface area contributed by atoms with Gasteiger partial charge in [0.15, 0.2) is 0 Å². The van der Waals surface area contributed by atoms with Gasteiger partial charge in [0, 0.05) is 16.5 Å². The smallest absolute Gasteiger partial charge is 0.226 e. The van der Waals surface area contributed by atoms with E-state index in [1.807, 2.05) is 38.1 Å². The van der Waals surface area contributed by atoms with Crippen molar-refractivity contribution < 1.29 is 9.53 Å². The Labute approximate surface area is 151 Å². The number of nitrogens with one attached hydrogen (secondary N) is 1. The fraction of sp³-hybridized carbons (Fsp3) is 0.444. The number of benzene rings is 1. The summed E-state index contributed by atoms with van der Waals surface area (Å²) >= 11 is 7.58. The van der Waals surface area contributed by atoms with Crippen LogP contribution in [-0.2, 0) is 22.4 Å². The second-order valence-corrected chi connectivity index (χ2v) is 8.19. The molecule has 2 aromatic rings. The Balaban J connectivity index is 1.70. The zero-order valence-electron chi connectivity index (χ0n) is 13.9. The second-order valence-electron chi connectivity index (χ2n) is 6.35. The number of hydrogen-bond acceptors (Lipinski definition) is 4. The van der Waals surface area contributed by atoms with Crippen LogP contribution in [0.25, 0.3) is 0 Å². The molecule has 1 unspecified atom stereocenters. The molecule has 4 nitrogen and oxygen atoms in total. The van der Waals surface area contributed by atoms with Crippen molar-refractivity contribution >= 4 is 28.8 Å². The lowest BCUT2D eigenvalue weighted by Crippen LogP contribution is -2.51. The summed E-state index contributed by atoms with van der Waals surface area (Å²) in [6.45, 7) is 5.18. The maximum absolute atomic E-state index is 12.6. The van der Waals surface area contributed by atoms with E-state index >= 15 is 0 Å². The highest BCUT2D eigenvalue weighted by atomic mass is 35.5. The van der Waals surface area contributed by atoms with E-state index in [0.29, 0.717) is 24.7 Å². The van der Waals surface area contributed by atoms with Crippen molar-refractivity contribution in [2.24, 2.45) is 0 Å². The van der Waals surface area contributed by atoms with E-state index in [2.05, 4.69) is 10.3 Å². The molecule has 1 aliphatic rings. The maximum Gasteiger partial charge on any atom is 0.226 e. The summed E-state index contributed by atoms with van der Waals surface area (Å²) in [7, 11) is 0. The van der Waals surface area contributed by atoms with Gasteiger partial charge in [-0.05, 0) is 44.4 Å². The number of halogens is 1. The van der Waals surface area contributed by atoms with E-state index in [1.165, 1.54) is 0 Å². The Hall–Kier alpha value is -1.43. The quantitative estimate of drug-likeness (QED) is 0.883. The zero-order valence-corrected chi connectivity index (χ0v) is 15.5. The molecule has 1 N–H and O–H groups in total. The van der Waals surface area contributed by atoms with Gasteiger partial charge >= 0.3 is 0 Å². The van der Waals surface area contributed by atoms with Crippen LogP contribution in [0.4, 0.5) is 0 Å². The van der Waals surface area contributed by atoms with E-state index in [0.717, 1.165) is 34.0 Å². The molecule has 0 aliphatic carbocycles. The average Bonchev–Trinajstić information content (AvgIpc) is 3.09. The number of carbonyl (C=O) groups is 1. The number of aromatic nitrogens is 1.